The fourth-order valence-corrected chi connectivity index (χ4v) is 2.14. The summed E-state index contributed by atoms with van der Waals surface area (Å²) in [6.07, 6.45) is 0. The van der Waals surface area contributed by atoms with Gasteiger partial charge in [-0.25, -0.2) is 0 Å². The molecule has 1 aromatic heterocycles. The van der Waals surface area contributed by atoms with Crippen LogP contribution >= 0.6 is 22.9 Å². The summed E-state index contributed by atoms with van der Waals surface area (Å²) >= 11 is 7.07. The van der Waals surface area contributed by atoms with E-state index in [1.807, 2.05) is 0 Å². The molecule has 0 atom stereocenters. The van der Waals surface area contributed by atoms with Gasteiger partial charge in [0, 0.05) is 5.02 Å². The molecular weight excluding hydrogens is 300 g/mol. The van der Waals surface area contributed by atoms with E-state index in [-0.39, 0.29) is 12.5 Å². The van der Waals surface area contributed by atoms with E-state index in [2.05, 4.69) is 10.9 Å². The summed E-state index contributed by atoms with van der Waals surface area (Å²) in [5.41, 5.74) is 4.56. The number of ether oxygens (including phenoxy) is 1. The molecule has 1 aromatic carbocycles. The molecule has 20 heavy (non-hydrogen) atoms. The number of thiophene rings is 1. The summed E-state index contributed by atoms with van der Waals surface area (Å²) in [6.45, 7) is -0.217. The zero-order valence-corrected chi connectivity index (χ0v) is 11.8. The Bertz CT molecular complexity index is 601. The summed E-state index contributed by atoms with van der Waals surface area (Å²) in [5, 5.41) is 2.30. The van der Waals surface area contributed by atoms with Crippen LogP contribution in [-0.4, -0.2) is 18.4 Å². The number of carbonyl (C=O) groups excluding carboxylic acids is 2. The molecule has 0 aliphatic carbocycles. The van der Waals surface area contributed by atoms with E-state index in [0.717, 1.165) is 0 Å². The topological polar surface area (TPSA) is 67.4 Å². The molecule has 0 fully saturated rings. The number of carbonyl (C=O) groups is 2. The highest BCUT2D eigenvalue weighted by molar-refractivity contribution is 7.12. The highest BCUT2D eigenvalue weighted by Crippen LogP contribution is 2.16. The molecule has 0 aliphatic heterocycles. The first kappa shape index (κ1) is 14.4. The Morgan fingerprint density at radius 1 is 1.20 bits per heavy atom. The number of halogens is 1. The molecule has 0 saturated carbocycles. The molecule has 0 aliphatic rings. The van der Waals surface area contributed by atoms with E-state index in [9.17, 15) is 9.59 Å². The van der Waals surface area contributed by atoms with E-state index >= 15 is 0 Å². The normalized spacial score (nSPS) is 9.85. The predicted molar refractivity (Wildman–Crippen MR) is 76.9 cm³/mol. The minimum atomic E-state index is -0.463. The minimum absolute atomic E-state index is 0.217. The van der Waals surface area contributed by atoms with E-state index in [4.69, 9.17) is 16.3 Å². The number of hydrogen-bond acceptors (Lipinski definition) is 4. The lowest BCUT2D eigenvalue weighted by Crippen LogP contribution is -2.43. The van der Waals surface area contributed by atoms with Gasteiger partial charge in [-0.15, -0.1) is 11.3 Å². The van der Waals surface area contributed by atoms with Crippen molar-refractivity contribution in [3.63, 3.8) is 0 Å². The van der Waals surface area contributed by atoms with Crippen molar-refractivity contribution in [1.82, 2.24) is 10.9 Å². The molecule has 7 heteroatoms. The Hall–Kier alpha value is -2.05. The summed E-state index contributed by atoms with van der Waals surface area (Å²) in [7, 11) is 0. The van der Waals surface area contributed by atoms with Crippen LogP contribution in [0.1, 0.15) is 9.67 Å². The zero-order chi connectivity index (χ0) is 14.4. The standard InChI is InChI=1S/C13H11ClN2O3S/c14-9-3-1-4-10(7-9)19-8-12(17)15-16-13(18)11-5-2-6-20-11/h1-7H,8H2,(H,15,17)(H,16,18). The van der Waals surface area contributed by atoms with Gasteiger partial charge in [-0.2, -0.15) is 0 Å². The molecule has 0 bridgehead atoms. The number of nitrogens with one attached hydrogen (secondary N) is 2. The molecule has 0 unspecified atom stereocenters. The summed E-state index contributed by atoms with van der Waals surface area (Å²) in [6, 6.07) is 10.1. The van der Waals surface area contributed by atoms with E-state index in [0.29, 0.717) is 15.6 Å². The molecule has 0 radical (unpaired) electrons. The Morgan fingerprint density at radius 3 is 2.75 bits per heavy atom. The predicted octanol–water partition coefficient (Wildman–Crippen LogP) is 2.24. The highest BCUT2D eigenvalue weighted by Gasteiger charge is 2.08. The number of hydrazine groups is 1. The quantitative estimate of drug-likeness (QED) is 0.851. The Kier molecular flexibility index (Phi) is 4.97. The van der Waals surface area contributed by atoms with Crippen molar-refractivity contribution < 1.29 is 14.3 Å². The lowest BCUT2D eigenvalue weighted by Gasteiger charge is -2.08. The maximum Gasteiger partial charge on any atom is 0.279 e. The minimum Gasteiger partial charge on any atom is -0.484 e. The number of benzene rings is 1. The number of rotatable bonds is 4. The molecular formula is C13H11ClN2O3S. The maximum atomic E-state index is 11.6. The van der Waals surface area contributed by atoms with Crippen molar-refractivity contribution in [2.75, 3.05) is 6.61 Å². The third-order valence-corrected chi connectivity index (χ3v) is 3.33. The Labute approximate surface area is 124 Å². The molecule has 104 valence electrons. The van der Waals surface area contributed by atoms with Gasteiger partial charge in [-0.1, -0.05) is 23.7 Å². The van der Waals surface area contributed by atoms with Gasteiger partial charge in [-0.05, 0) is 29.6 Å². The van der Waals surface area contributed by atoms with Gasteiger partial charge in [-0.3, -0.25) is 20.4 Å². The van der Waals surface area contributed by atoms with E-state index in [1.54, 1.807) is 41.8 Å². The molecule has 2 amide bonds. The molecule has 0 spiro atoms. The maximum absolute atomic E-state index is 11.6. The second kappa shape index (κ2) is 6.93. The van der Waals surface area contributed by atoms with E-state index < -0.39 is 5.91 Å². The van der Waals surface area contributed by atoms with Crippen LogP contribution in [0.4, 0.5) is 0 Å². The fourth-order valence-electron chi connectivity index (χ4n) is 1.34. The van der Waals surface area contributed by atoms with Crippen molar-refractivity contribution in [1.29, 1.82) is 0 Å². The Balaban J connectivity index is 1.74. The smallest absolute Gasteiger partial charge is 0.279 e. The van der Waals surface area contributed by atoms with Gasteiger partial charge in [0.1, 0.15) is 5.75 Å². The molecule has 2 rings (SSSR count). The van der Waals surface area contributed by atoms with Crippen LogP contribution in [0.25, 0.3) is 0 Å². The number of hydrogen-bond donors (Lipinski definition) is 2. The summed E-state index contributed by atoms with van der Waals surface area (Å²) in [4.78, 5) is 23.6. The first-order chi connectivity index (χ1) is 9.65. The second-order valence-electron chi connectivity index (χ2n) is 3.73. The van der Waals surface area contributed by atoms with Crippen LogP contribution in [0.2, 0.25) is 5.02 Å². The van der Waals surface area contributed by atoms with Gasteiger partial charge in [0.25, 0.3) is 11.8 Å². The van der Waals surface area contributed by atoms with Crippen LogP contribution in [-0.2, 0) is 4.79 Å². The SMILES string of the molecule is O=C(COc1cccc(Cl)c1)NNC(=O)c1cccs1. The Morgan fingerprint density at radius 2 is 2.05 bits per heavy atom. The second-order valence-corrected chi connectivity index (χ2v) is 5.11. The first-order valence-electron chi connectivity index (χ1n) is 5.66. The first-order valence-corrected chi connectivity index (χ1v) is 6.92. The van der Waals surface area contributed by atoms with Crippen LogP contribution < -0.4 is 15.6 Å². The third-order valence-electron chi connectivity index (χ3n) is 2.23. The highest BCUT2D eigenvalue weighted by atomic mass is 35.5. The van der Waals surface area contributed by atoms with Gasteiger partial charge in [0.2, 0.25) is 0 Å². The van der Waals surface area contributed by atoms with Crippen molar-refractivity contribution in [3.8, 4) is 5.75 Å². The number of amides is 2. The average molecular weight is 311 g/mol. The largest absolute Gasteiger partial charge is 0.484 e. The van der Waals surface area contributed by atoms with Crippen LogP contribution in [0, 0.1) is 0 Å². The van der Waals surface area contributed by atoms with Crippen LogP contribution in [0.15, 0.2) is 41.8 Å². The van der Waals surface area contributed by atoms with Gasteiger partial charge in [0.15, 0.2) is 6.61 Å². The van der Waals surface area contributed by atoms with Gasteiger partial charge < -0.3 is 4.74 Å². The summed E-state index contributed by atoms with van der Waals surface area (Å²) < 4.78 is 5.23. The lowest BCUT2D eigenvalue weighted by molar-refractivity contribution is -0.123. The van der Waals surface area contributed by atoms with Crippen molar-refractivity contribution in [2.45, 2.75) is 0 Å². The van der Waals surface area contributed by atoms with Crippen molar-refractivity contribution >= 4 is 34.8 Å². The molecule has 1 heterocycles. The van der Waals surface area contributed by atoms with Gasteiger partial charge in [0.05, 0.1) is 4.88 Å². The summed E-state index contributed by atoms with van der Waals surface area (Å²) in [5.74, 6) is -0.344. The van der Waals surface area contributed by atoms with Crippen LogP contribution in [0.3, 0.4) is 0 Å². The van der Waals surface area contributed by atoms with Crippen molar-refractivity contribution in [2.24, 2.45) is 0 Å². The molecule has 5 nitrogen and oxygen atoms in total. The monoisotopic (exact) mass is 310 g/mol. The lowest BCUT2D eigenvalue weighted by atomic mass is 10.3. The molecule has 0 saturated heterocycles. The fraction of sp³-hybridized carbons (Fsp3) is 0.0769. The zero-order valence-electron chi connectivity index (χ0n) is 10.3. The average Bonchev–Trinajstić information content (AvgIpc) is 2.97. The molecule has 2 aromatic rings. The van der Waals surface area contributed by atoms with E-state index in [1.165, 1.54) is 11.3 Å². The third kappa shape index (κ3) is 4.25. The van der Waals surface area contributed by atoms with Gasteiger partial charge >= 0.3 is 0 Å². The van der Waals surface area contributed by atoms with Crippen LogP contribution in [0.5, 0.6) is 5.75 Å². The molecule has 2 N–H and O–H groups in total. The van der Waals surface area contributed by atoms with Crippen molar-refractivity contribution in [3.05, 3.63) is 51.7 Å².